The molecule has 0 aromatic heterocycles. The molecule has 1 atom stereocenters. The van der Waals surface area contributed by atoms with Gasteiger partial charge in [-0.05, 0) is 23.5 Å². The molecule has 1 N–H and O–H groups in total. The number of benzene rings is 1. The first kappa shape index (κ1) is 8.52. The fourth-order valence-corrected chi connectivity index (χ4v) is 1.51. The van der Waals surface area contributed by atoms with Gasteiger partial charge in [0.1, 0.15) is 0 Å². The second-order valence-corrected chi connectivity index (χ2v) is 3.68. The minimum Gasteiger partial charge on any atom is -0.392 e. The van der Waals surface area contributed by atoms with Gasteiger partial charge in [-0.15, -0.1) is 0 Å². The van der Waals surface area contributed by atoms with Gasteiger partial charge in [-0.25, -0.2) is 0 Å². The van der Waals surface area contributed by atoms with Crippen LogP contribution in [0.5, 0.6) is 0 Å². The lowest BCUT2D eigenvalue weighted by atomic mass is 10.1. The fourth-order valence-electron chi connectivity index (χ4n) is 1.51. The van der Waals surface area contributed by atoms with Crippen LogP contribution in [-0.4, -0.2) is 5.11 Å². The van der Waals surface area contributed by atoms with Crippen LogP contribution in [0.15, 0.2) is 29.8 Å². The molecule has 1 saturated carbocycles. The van der Waals surface area contributed by atoms with Crippen LogP contribution in [0, 0.1) is 5.92 Å². The molecule has 0 heterocycles. The third-order valence-electron chi connectivity index (χ3n) is 2.58. The van der Waals surface area contributed by atoms with Crippen molar-refractivity contribution in [3.63, 3.8) is 0 Å². The molecule has 1 aliphatic carbocycles. The average Bonchev–Trinajstić information content (AvgIpc) is 2.83. The highest BCUT2D eigenvalue weighted by Crippen LogP contribution is 2.38. The second-order valence-electron chi connectivity index (χ2n) is 3.68. The van der Waals surface area contributed by atoms with Crippen molar-refractivity contribution >= 4 is 6.08 Å². The van der Waals surface area contributed by atoms with Gasteiger partial charge >= 0.3 is 0 Å². The minimum absolute atomic E-state index is 0.133. The van der Waals surface area contributed by atoms with E-state index in [1.165, 1.54) is 17.6 Å². The topological polar surface area (TPSA) is 20.2 Å². The second kappa shape index (κ2) is 3.35. The molecule has 13 heavy (non-hydrogen) atoms. The molecule has 1 fully saturated rings. The number of hydrogen-bond donors (Lipinski definition) is 1. The molecule has 68 valence electrons. The minimum atomic E-state index is 0.133. The summed E-state index contributed by atoms with van der Waals surface area (Å²) in [5, 5.41) is 9.09. The SMILES string of the molecule is C[C@H]1C/C1=C\c1ccccc1CO. The van der Waals surface area contributed by atoms with Crippen LogP contribution in [0.2, 0.25) is 0 Å². The van der Waals surface area contributed by atoms with Crippen LogP contribution in [0.25, 0.3) is 6.08 Å². The number of rotatable bonds is 2. The van der Waals surface area contributed by atoms with Crippen LogP contribution in [0.3, 0.4) is 0 Å². The number of allylic oxidation sites excluding steroid dienone is 1. The molecule has 1 aromatic rings. The van der Waals surface area contributed by atoms with Crippen molar-refractivity contribution in [2.45, 2.75) is 20.0 Å². The van der Waals surface area contributed by atoms with Crippen molar-refractivity contribution in [3.8, 4) is 0 Å². The summed E-state index contributed by atoms with van der Waals surface area (Å²) in [6, 6.07) is 8.01. The summed E-state index contributed by atoms with van der Waals surface area (Å²) in [6.07, 6.45) is 3.43. The van der Waals surface area contributed by atoms with Crippen molar-refractivity contribution in [2.24, 2.45) is 5.92 Å². The van der Waals surface area contributed by atoms with E-state index in [0.717, 1.165) is 11.5 Å². The third kappa shape index (κ3) is 1.81. The van der Waals surface area contributed by atoms with E-state index >= 15 is 0 Å². The first-order valence-electron chi connectivity index (χ1n) is 4.70. The molecule has 0 saturated heterocycles. The molecule has 0 bridgehead atoms. The predicted octanol–water partition coefficient (Wildman–Crippen LogP) is 2.60. The normalized spacial score (nSPS) is 23.5. The molecule has 0 radical (unpaired) electrons. The van der Waals surface area contributed by atoms with Gasteiger partial charge in [0, 0.05) is 0 Å². The Morgan fingerprint density at radius 1 is 1.46 bits per heavy atom. The van der Waals surface area contributed by atoms with E-state index in [0.29, 0.717) is 0 Å². The molecule has 0 aliphatic heterocycles. The van der Waals surface area contributed by atoms with E-state index in [4.69, 9.17) is 5.11 Å². The molecule has 1 aliphatic rings. The number of hydrogen-bond acceptors (Lipinski definition) is 1. The molecule has 0 unspecified atom stereocenters. The summed E-state index contributed by atoms with van der Waals surface area (Å²) >= 11 is 0. The first-order valence-corrected chi connectivity index (χ1v) is 4.70. The van der Waals surface area contributed by atoms with Crippen LogP contribution in [0.1, 0.15) is 24.5 Å². The maximum atomic E-state index is 9.09. The Labute approximate surface area is 78.7 Å². The van der Waals surface area contributed by atoms with E-state index in [1.54, 1.807) is 0 Å². The predicted molar refractivity (Wildman–Crippen MR) is 54.1 cm³/mol. The monoisotopic (exact) mass is 174 g/mol. The Morgan fingerprint density at radius 2 is 2.15 bits per heavy atom. The maximum absolute atomic E-state index is 9.09. The van der Waals surface area contributed by atoms with Gasteiger partial charge in [0.2, 0.25) is 0 Å². The van der Waals surface area contributed by atoms with E-state index in [1.807, 2.05) is 18.2 Å². The summed E-state index contributed by atoms with van der Waals surface area (Å²) in [6.45, 7) is 2.36. The maximum Gasteiger partial charge on any atom is 0.0687 e. The molecule has 0 amide bonds. The molecule has 1 aromatic carbocycles. The van der Waals surface area contributed by atoms with Gasteiger partial charge in [-0.3, -0.25) is 0 Å². The average molecular weight is 174 g/mol. The summed E-state index contributed by atoms with van der Waals surface area (Å²) in [5.74, 6) is 0.756. The van der Waals surface area contributed by atoms with Crippen LogP contribution < -0.4 is 0 Å². The highest BCUT2D eigenvalue weighted by molar-refractivity contribution is 5.60. The zero-order valence-electron chi connectivity index (χ0n) is 7.83. The molecule has 2 rings (SSSR count). The van der Waals surface area contributed by atoms with Crippen molar-refractivity contribution in [1.29, 1.82) is 0 Å². The lowest BCUT2D eigenvalue weighted by Gasteiger charge is -2.00. The Balaban J connectivity index is 2.29. The fraction of sp³-hybridized carbons (Fsp3) is 0.333. The number of aliphatic hydroxyl groups is 1. The van der Waals surface area contributed by atoms with Gasteiger partial charge in [-0.1, -0.05) is 42.8 Å². The lowest BCUT2D eigenvalue weighted by molar-refractivity contribution is 0.281. The lowest BCUT2D eigenvalue weighted by Crippen LogP contribution is -1.86. The molecular weight excluding hydrogens is 160 g/mol. The summed E-state index contributed by atoms with van der Waals surface area (Å²) < 4.78 is 0. The van der Waals surface area contributed by atoms with Crippen molar-refractivity contribution in [1.82, 2.24) is 0 Å². The Morgan fingerprint density at radius 3 is 2.77 bits per heavy atom. The van der Waals surface area contributed by atoms with E-state index in [-0.39, 0.29) is 6.61 Å². The van der Waals surface area contributed by atoms with Crippen molar-refractivity contribution in [2.75, 3.05) is 0 Å². The van der Waals surface area contributed by atoms with Gasteiger partial charge in [0.05, 0.1) is 6.61 Å². The highest BCUT2D eigenvalue weighted by Gasteiger charge is 2.23. The third-order valence-corrected chi connectivity index (χ3v) is 2.58. The van der Waals surface area contributed by atoms with Gasteiger partial charge in [0.15, 0.2) is 0 Å². The van der Waals surface area contributed by atoms with Crippen molar-refractivity contribution in [3.05, 3.63) is 41.0 Å². The summed E-state index contributed by atoms with van der Waals surface area (Å²) in [4.78, 5) is 0. The summed E-state index contributed by atoms with van der Waals surface area (Å²) in [7, 11) is 0. The molecule has 0 spiro atoms. The first-order chi connectivity index (χ1) is 6.31. The van der Waals surface area contributed by atoms with Crippen LogP contribution in [0.4, 0.5) is 0 Å². The molecular formula is C12H14O. The Bertz CT molecular complexity index is 339. The summed E-state index contributed by atoms with van der Waals surface area (Å²) in [5.41, 5.74) is 3.69. The molecule has 1 heteroatoms. The van der Waals surface area contributed by atoms with Gasteiger partial charge < -0.3 is 5.11 Å². The standard InChI is InChI=1S/C12H14O/c1-9-6-12(9)7-10-4-2-3-5-11(10)8-13/h2-5,7,9,13H,6,8H2,1H3/b12-7+/t9-/m0/s1. The largest absolute Gasteiger partial charge is 0.392 e. The zero-order valence-corrected chi connectivity index (χ0v) is 7.83. The van der Waals surface area contributed by atoms with Gasteiger partial charge in [-0.2, -0.15) is 0 Å². The zero-order chi connectivity index (χ0) is 9.26. The van der Waals surface area contributed by atoms with Crippen LogP contribution in [-0.2, 0) is 6.61 Å². The van der Waals surface area contributed by atoms with Gasteiger partial charge in [0.25, 0.3) is 0 Å². The van der Waals surface area contributed by atoms with Crippen LogP contribution >= 0.6 is 0 Å². The van der Waals surface area contributed by atoms with E-state index in [2.05, 4.69) is 19.1 Å². The Hall–Kier alpha value is -1.08. The van der Waals surface area contributed by atoms with E-state index < -0.39 is 0 Å². The van der Waals surface area contributed by atoms with E-state index in [9.17, 15) is 0 Å². The smallest absolute Gasteiger partial charge is 0.0687 e. The Kier molecular flexibility index (Phi) is 2.19. The van der Waals surface area contributed by atoms with Crippen molar-refractivity contribution < 1.29 is 5.11 Å². The number of aliphatic hydroxyl groups excluding tert-OH is 1. The molecule has 1 nitrogen and oxygen atoms in total. The highest BCUT2D eigenvalue weighted by atomic mass is 16.3. The quantitative estimate of drug-likeness (QED) is 0.730.